The van der Waals surface area contributed by atoms with Crippen LogP contribution >= 0.6 is 0 Å². The number of fused-ring (bicyclic) bond motifs is 4. The van der Waals surface area contributed by atoms with Gasteiger partial charge in [-0.25, -0.2) is 0 Å². The summed E-state index contributed by atoms with van der Waals surface area (Å²) in [4.78, 5) is 2.87. The van der Waals surface area contributed by atoms with Gasteiger partial charge in [0.25, 0.3) is 0 Å². The lowest BCUT2D eigenvalue weighted by atomic mass is 9.62. The van der Waals surface area contributed by atoms with Crippen molar-refractivity contribution < 1.29 is 0 Å². The van der Waals surface area contributed by atoms with E-state index >= 15 is 0 Å². The lowest BCUT2D eigenvalue weighted by Gasteiger charge is -2.55. The van der Waals surface area contributed by atoms with Gasteiger partial charge in [-0.3, -0.25) is 4.90 Å². The van der Waals surface area contributed by atoms with Gasteiger partial charge in [-0.1, -0.05) is 20.8 Å². The first-order valence-corrected chi connectivity index (χ1v) is 6.79. The fourth-order valence-electron chi connectivity index (χ4n) is 5.06. The topological polar surface area (TPSA) is 3.24 Å². The molecule has 86 valence electrons. The Balaban J connectivity index is 2.01. The molecule has 3 aliphatic rings. The summed E-state index contributed by atoms with van der Waals surface area (Å²) in [6.07, 6.45) is 7.47. The summed E-state index contributed by atoms with van der Waals surface area (Å²) < 4.78 is 0. The van der Waals surface area contributed by atoms with Crippen molar-refractivity contribution >= 4 is 0 Å². The summed E-state index contributed by atoms with van der Waals surface area (Å²) >= 11 is 0. The van der Waals surface area contributed by atoms with E-state index in [1.807, 2.05) is 0 Å². The molecule has 3 unspecified atom stereocenters. The maximum atomic E-state index is 2.87. The molecular weight excluding hydrogens is 182 g/mol. The van der Waals surface area contributed by atoms with Gasteiger partial charge in [0, 0.05) is 12.1 Å². The third kappa shape index (κ3) is 1.19. The first kappa shape index (κ1) is 10.1. The van der Waals surface area contributed by atoms with E-state index < -0.39 is 0 Å². The molecule has 0 amide bonds. The Morgan fingerprint density at radius 3 is 2.73 bits per heavy atom. The maximum absolute atomic E-state index is 2.87. The zero-order valence-electron chi connectivity index (χ0n) is 10.6. The molecule has 0 radical (unpaired) electrons. The normalized spacial score (nSPS) is 45.8. The highest BCUT2D eigenvalue weighted by atomic mass is 15.3. The van der Waals surface area contributed by atoms with E-state index in [-0.39, 0.29) is 0 Å². The number of hydrogen-bond donors (Lipinski definition) is 0. The highest BCUT2D eigenvalue weighted by molar-refractivity contribution is 5.12. The lowest BCUT2D eigenvalue weighted by molar-refractivity contribution is -0.0500. The Morgan fingerprint density at radius 2 is 2.00 bits per heavy atom. The molecule has 2 saturated heterocycles. The molecule has 3 atom stereocenters. The van der Waals surface area contributed by atoms with Crippen LogP contribution in [0.5, 0.6) is 0 Å². The molecule has 3 rings (SSSR count). The molecule has 3 fully saturated rings. The Kier molecular flexibility index (Phi) is 2.03. The summed E-state index contributed by atoms with van der Waals surface area (Å²) in [5.41, 5.74) is 1.05. The van der Waals surface area contributed by atoms with Gasteiger partial charge in [0.2, 0.25) is 0 Å². The largest absolute Gasteiger partial charge is 0.297 e. The zero-order valence-corrected chi connectivity index (χ0v) is 10.6. The van der Waals surface area contributed by atoms with Crippen LogP contribution in [0, 0.1) is 17.3 Å². The van der Waals surface area contributed by atoms with Crippen molar-refractivity contribution in [3.63, 3.8) is 0 Å². The van der Waals surface area contributed by atoms with Gasteiger partial charge in [-0.15, -0.1) is 0 Å². The van der Waals surface area contributed by atoms with Crippen LogP contribution in [0.3, 0.4) is 0 Å². The number of nitrogens with zero attached hydrogens (tertiary/aromatic N) is 1. The minimum absolute atomic E-state index is 0.476. The zero-order chi connectivity index (χ0) is 10.7. The third-order valence-electron chi connectivity index (χ3n) is 5.54. The predicted octanol–water partition coefficient (Wildman–Crippen LogP) is 3.30. The molecule has 1 nitrogen and oxygen atoms in total. The average Bonchev–Trinajstić information content (AvgIpc) is 2.71. The van der Waals surface area contributed by atoms with Crippen molar-refractivity contribution in [1.29, 1.82) is 0 Å². The molecule has 0 spiro atoms. The summed E-state index contributed by atoms with van der Waals surface area (Å²) in [5, 5.41) is 0. The second-order valence-corrected chi connectivity index (χ2v) is 7.10. The van der Waals surface area contributed by atoms with Crippen molar-refractivity contribution in [2.75, 3.05) is 13.1 Å². The van der Waals surface area contributed by atoms with E-state index in [2.05, 4.69) is 25.7 Å². The molecule has 0 aromatic carbocycles. The maximum Gasteiger partial charge on any atom is 0.0286 e. The molecule has 0 aromatic rings. The van der Waals surface area contributed by atoms with Crippen molar-refractivity contribution in [1.82, 2.24) is 4.90 Å². The Morgan fingerprint density at radius 1 is 1.20 bits per heavy atom. The van der Waals surface area contributed by atoms with E-state index in [0.29, 0.717) is 11.0 Å². The van der Waals surface area contributed by atoms with Crippen molar-refractivity contribution in [3.05, 3.63) is 0 Å². The summed E-state index contributed by atoms with van der Waals surface area (Å²) in [6, 6.07) is 0. The van der Waals surface area contributed by atoms with Gasteiger partial charge in [0.1, 0.15) is 0 Å². The number of piperidine rings is 1. The van der Waals surface area contributed by atoms with Crippen molar-refractivity contribution in [3.8, 4) is 0 Å². The van der Waals surface area contributed by atoms with Crippen LogP contribution in [-0.4, -0.2) is 23.5 Å². The fraction of sp³-hybridized carbons (Fsp3) is 1.00. The van der Waals surface area contributed by atoms with Crippen LogP contribution < -0.4 is 0 Å². The SMILES string of the molecule is CC(C)(C)C12CCCN1CC1CCC2C1. The van der Waals surface area contributed by atoms with Gasteiger partial charge >= 0.3 is 0 Å². The fourth-order valence-corrected chi connectivity index (χ4v) is 5.06. The van der Waals surface area contributed by atoms with E-state index in [1.54, 1.807) is 0 Å². The molecule has 0 N–H and O–H groups in total. The Hall–Kier alpha value is -0.0400. The van der Waals surface area contributed by atoms with Crippen molar-refractivity contribution in [2.45, 2.75) is 58.4 Å². The first-order valence-electron chi connectivity index (χ1n) is 6.79. The summed E-state index contributed by atoms with van der Waals surface area (Å²) in [5.74, 6) is 2.06. The van der Waals surface area contributed by atoms with E-state index in [9.17, 15) is 0 Å². The van der Waals surface area contributed by atoms with Gasteiger partial charge in [-0.2, -0.15) is 0 Å². The second-order valence-electron chi connectivity index (χ2n) is 7.10. The van der Waals surface area contributed by atoms with Crippen LogP contribution in [0.15, 0.2) is 0 Å². The monoisotopic (exact) mass is 207 g/mol. The third-order valence-corrected chi connectivity index (χ3v) is 5.54. The minimum atomic E-state index is 0.476. The lowest BCUT2D eigenvalue weighted by Crippen LogP contribution is -2.60. The number of rotatable bonds is 0. The van der Waals surface area contributed by atoms with Crippen LogP contribution in [0.1, 0.15) is 52.9 Å². The van der Waals surface area contributed by atoms with Gasteiger partial charge in [-0.05, 0) is 55.9 Å². The molecule has 2 aliphatic heterocycles. The molecule has 1 heteroatoms. The van der Waals surface area contributed by atoms with Gasteiger partial charge < -0.3 is 0 Å². The van der Waals surface area contributed by atoms with Crippen LogP contribution in [0.25, 0.3) is 0 Å². The number of hydrogen-bond acceptors (Lipinski definition) is 1. The van der Waals surface area contributed by atoms with Crippen molar-refractivity contribution in [2.24, 2.45) is 17.3 Å². The molecular formula is C14H25N. The molecule has 1 saturated carbocycles. The Labute approximate surface area is 94.2 Å². The van der Waals surface area contributed by atoms with E-state index in [4.69, 9.17) is 0 Å². The highest BCUT2D eigenvalue weighted by Crippen LogP contribution is 2.57. The van der Waals surface area contributed by atoms with Crippen LogP contribution in [0.4, 0.5) is 0 Å². The molecule has 0 aromatic heterocycles. The second kappa shape index (κ2) is 3.00. The summed E-state index contributed by atoms with van der Waals surface area (Å²) in [6.45, 7) is 10.2. The van der Waals surface area contributed by atoms with Crippen LogP contribution in [-0.2, 0) is 0 Å². The predicted molar refractivity (Wildman–Crippen MR) is 63.8 cm³/mol. The first-order chi connectivity index (χ1) is 7.04. The smallest absolute Gasteiger partial charge is 0.0286 e. The molecule has 2 bridgehead atoms. The van der Waals surface area contributed by atoms with E-state index in [1.165, 1.54) is 45.2 Å². The quantitative estimate of drug-likeness (QED) is 0.589. The molecule has 1 aliphatic carbocycles. The summed E-state index contributed by atoms with van der Waals surface area (Å²) in [7, 11) is 0. The van der Waals surface area contributed by atoms with E-state index in [0.717, 1.165) is 11.8 Å². The highest BCUT2D eigenvalue weighted by Gasteiger charge is 2.58. The van der Waals surface area contributed by atoms with Crippen LogP contribution in [0.2, 0.25) is 0 Å². The molecule has 2 heterocycles. The standard InChI is InChI=1S/C14H25N/c1-13(2,3)14-7-4-8-15(14)10-11-5-6-12(14)9-11/h11-12H,4-10H2,1-3H3. The average molecular weight is 207 g/mol. The van der Waals surface area contributed by atoms with Gasteiger partial charge in [0.15, 0.2) is 0 Å². The molecule has 15 heavy (non-hydrogen) atoms. The van der Waals surface area contributed by atoms with Gasteiger partial charge in [0.05, 0.1) is 0 Å². The minimum Gasteiger partial charge on any atom is -0.297 e. The Bertz CT molecular complexity index is 261.